The normalized spacial score (nSPS) is 20.3. The van der Waals surface area contributed by atoms with Gasteiger partial charge in [0, 0.05) is 25.4 Å². The maximum absolute atomic E-state index is 12.7. The molecule has 3 rings (SSSR count). The van der Waals surface area contributed by atoms with Gasteiger partial charge in [-0.3, -0.25) is 14.1 Å². The van der Waals surface area contributed by atoms with Gasteiger partial charge >= 0.3 is 0 Å². The molecular formula is C18H25FN2O2. The van der Waals surface area contributed by atoms with E-state index in [9.17, 15) is 9.18 Å². The fourth-order valence-corrected chi connectivity index (χ4v) is 3.64. The lowest BCUT2D eigenvalue weighted by molar-refractivity contribution is 0.0938. The third-order valence-electron chi connectivity index (χ3n) is 4.87. The second kappa shape index (κ2) is 7.30. The van der Waals surface area contributed by atoms with Crippen LogP contribution >= 0.6 is 0 Å². The van der Waals surface area contributed by atoms with E-state index in [0.717, 1.165) is 37.1 Å². The molecule has 2 aliphatic heterocycles. The fourth-order valence-electron chi connectivity index (χ4n) is 3.64. The summed E-state index contributed by atoms with van der Waals surface area (Å²) in [5, 5.41) is 3.05. The molecule has 1 N–H and O–H groups in total. The first-order valence-corrected chi connectivity index (χ1v) is 8.59. The number of ether oxygens (including phenoxy) is 1. The number of carbonyl (C=O) groups is 1. The Bertz CT molecular complexity index is 576. The third kappa shape index (κ3) is 3.50. The number of fused-ring (bicyclic) bond motifs is 1. The Hall–Kier alpha value is -1.62. The van der Waals surface area contributed by atoms with Crippen LogP contribution in [-0.2, 0) is 12.8 Å². The van der Waals surface area contributed by atoms with Crippen LogP contribution in [0, 0.1) is 0 Å². The molecule has 2 aliphatic rings. The van der Waals surface area contributed by atoms with Crippen LogP contribution in [0.5, 0.6) is 5.75 Å². The van der Waals surface area contributed by atoms with Crippen LogP contribution in [0.4, 0.5) is 4.39 Å². The lowest BCUT2D eigenvalue weighted by Gasteiger charge is -2.23. The van der Waals surface area contributed by atoms with E-state index in [4.69, 9.17) is 4.74 Å². The van der Waals surface area contributed by atoms with Crippen molar-refractivity contribution in [1.82, 2.24) is 10.2 Å². The second-order valence-electron chi connectivity index (χ2n) is 6.30. The van der Waals surface area contributed by atoms with Crippen LogP contribution in [0.2, 0.25) is 0 Å². The van der Waals surface area contributed by atoms with Gasteiger partial charge in [0.1, 0.15) is 5.75 Å². The summed E-state index contributed by atoms with van der Waals surface area (Å²) in [6.45, 7) is 5.14. The highest BCUT2D eigenvalue weighted by molar-refractivity contribution is 5.97. The topological polar surface area (TPSA) is 41.6 Å². The maximum Gasteiger partial charge on any atom is 0.255 e. The van der Waals surface area contributed by atoms with Crippen LogP contribution in [0.1, 0.15) is 41.3 Å². The molecule has 0 aromatic heterocycles. The van der Waals surface area contributed by atoms with Gasteiger partial charge in [0.25, 0.3) is 5.91 Å². The van der Waals surface area contributed by atoms with E-state index in [2.05, 4.69) is 17.1 Å². The minimum atomic E-state index is -0.408. The monoisotopic (exact) mass is 319 g/mol. The van der Waals surface area contributed by atoms with E-state index in [-0.39, 0.29) is 5.91 Å². The lowest BCUT2D eigenvalue weighted by atomic mass is 10.0. The van der Waals surface area contributed by atoms with E-state index in [1.54, 1.807) is 6.07 Å². The van der Waals surface area contributed by atoms with Crippen molar-refractivity contribution in [3.63, 3.8) is 0 Å². The minimum Gasteiger partial charge on any atom is -0.492 e. The highest BCUT2D eigenvalue weighted by Gasteiger charge is 2.26. The van der Waals surface area contributed by atoms with Crippen molar-refractivity contribution in [3.8, 4) is 5.75 Å². The molecule has 23 heavy (non-hydrogen) atoms. The minimum absolute atomic E-state index is 0.105. The molecule has 1 atom stereocenters. The lowest BCUT2D eigenvalue weighted by Crippen LogP contribution is -2.40. The highest BCUT2D eigenvalue weighted by atomic mass is 18.2. The average Bonchev–Trinajstić information content (AvgIpc) is 3.20. The number of hydrogen-bond donors (Lipinski definition) is 1. The molecule has 1 fully saturated rings. The number of aryl methyl sites for hydroxylation is 1. The van der Waals surface area contributed by atoms with Gasteiger partial charge in [-0.05, 0) is 43.1 Å². The first-order chi connectivity index (χ1) is 11.2. The molecule has 0 aliphatic carbocycles. The van der Waals surface area contributed by atoms with E-state index < -0.39 is 6.67 Å². The quantitative estimate of drug-likeness (QED) is 0.875. The van der Waals surface area contributed by atoms with Crippen molar-refractivity contribution >= 4 is 5.91 Å². The van der Waals surface area contributed by atoms with Gasteiger partial charge in [0.15, 0.2) is 0 Å². The van der Waals surface area contributed by atoms with Crippen LogP contribution in [-0.4, -0.2) is 49.8 Å². The molecule has 0 spiro atoms. The Balaban J connectivity index is 1.71. The SMILES string of the molecule is CCN1CCC[C@@H]1CNC(=O)c1cc(CC[18F])cc2c1OCC2. The summed E-state index contributed by atoms with van der Waals surface area (Å²) < 4.78 is 18.3. The van der Waals surface area contributed by atoms with Crippen molar-refractivity contribution in [2.45, 2.75) is 38.6 Å². The van der Waals surface area contributed by atoms with Crippen LogP contribution in [0.25, 0.3) is 0 Å². The number of amides is 1. The molecule has 1 saturated heterocycles. The zero-order valence-electron chi connectivity index (χ0n) is 13.7. The number of alkyl halides is 1. The average molecular weight is 319 g/mol. The predicted octanol–water partition coefficient (Wildman–Crippen LogP) is 2.35. The van der Waals surface area contributed by atoms with Gasteiger partial charge in [-0.15, -0.1) is 0 Å². The molecule has 4 nitrogen and oxygen atoms in total. The number of nitrogens with one attached hydrogen (secondary N) is 1. The Kier molecular flexibility index (Phi) is 5.16. The van der Waals surface area contributed by atoms with Gasteiger partial charge in [-0.2, -0.15) is 0 Å². The Labute approximate surface area is 137 Å². The molecule has 1 amide bonds. The summed E-state index contributed by atoms with van der Waals surface area (Å²) in [6.07, 6.45) is 3.46. The summed E-state index contributed by atoms with van der Waals surface area (Å²) in [4.78, 5) is 15.0. The zero-order chi connectivity index (χ0) is 16.2. The number of halogens is 1. The first kappa shape index (κ1) is 16.2. The summed E-state index contributed by atoms with van der Waals surface area (Å²) >= 11 is 0. The molecule has 5 heteroatoms. The predicted molar refractivity (Wildman–Crippen MR) is 87.9 cm³/mol. The van der Waals surface area contributed by atoms with Crippen molar-refractivity contribution < 1.29 is 13.9 Å². The number of nitrogens with zero attached hydrogens (tertiary/aromatic N) is 1. The molecule has 0 unspecified atom stereocenters. The Morgan fingerprint density at radius 3 is 3.13 bits per heavy atom. The molecule has 1 aromatic rings. The van der Waals surface area contributed by atoms with Gasteiger partial charge in [-0.1, -0.05) is 13.0 Å². The number of benzene rings is 1. The number of rotatable bonds is 6. The van der Waals surface area contributed by atoms with Gasteiger partial charge in [-0.25, -0.2) is 0 Å². The van der Waals surface area contributed by atoms with Crippen LogP contribution in [0.15, 0.2) is 12.1 Å². The Morgan fingerprint density at radius 2 is 2.35 bits per heavy atom. The highest BCUT2D eigenvalue weighted by Crippen LogP contribution is 2.31. The third-order valence-corrected chi connectivity index (χ3v) is 4.87. The summed E-state index contributed by atoms with van der Waals surface area (Å²) in [6, 6.07) is 4.17. The fraction of sp³-hybridized carbons (Fsp3) is 0.611. The van der Waals surface area contributed by atoms with Gasteiger partial charge in [0.05, 0.1) is 18.8 Å². The standard InChI is InChI=1S/C18H25FN2O2/c1-2-21-8-3-4-15(21)12-20-18(22)16-11-13(5-7-19)10-14-6-9-23-17(14)16/h10-11,15H,2-9,12H2,1H3,(H,20,22)/t15-/m1/s1/i19-1. The molecule has 0 bridgehead atoms. The molecule has 2 heterocycles. The number of hydrogen-bond acceptors (Lipinski definition) is 3. The van der Waals surface area contributed by atoms with E-state index in [1.807, 2.05) is 6.07 Å². The van der Waals surface area contributed by atoms with E-state index in [0.29, 0.717) is 36.9 Å². The van der Waals surface area contributed by atoms with Crippen LogP contribution < -0.4 is 10.1 Å². The summed E-state index contributed by atoms with van der Waals surface area (Å²) in [7, 11) is 0. The summed E-state index contributed by atoms with van der Waals surface area (Å²) in [5.41, 5.74) is 2.46. The van der Waals surface area contributed by atoms with Crippen molar-refractivity contribution in [1.29, 1.82) is 0 Å². The maximum atomic E-state index is 12.7. The molecule has 0 saturated carbocycles. The summed E-state index contributed by atoms with van der Waals surface area (Å²) in [5.74, 6) is 0.579. The second-order valence-corrected chi connectivity index (χ2v) is 6.30. The van der Waals surface area contributed by atoms with Crippen molar-refractivity contribution in [2.75, 3.05) is 32.9 Å². The molecule has 0 radical (unpaired) electrons. The molecule has 126 valence electrons. The molecular weight excluding hydrogens is 294 g/mol. The number of carbonyl (C=O) groups excluding carboxylic acids is 1. The van der Waals surface area contributed by atoms with E-state index >= 15 is 0 Å². The van der Waals surface area contributed by atoms with E-state index in [1.165, 1.54) is 6.42 Å². The smallest absolute Gasteiger partial charge is 0.255 e. The number of likely N-dealkylation sites (N-methyl/N-ethyl adjacent to an activating group) is 1. The van der Waals surface area contributed by atoms with Gasteiger partial charge < -0.3 is 10.1 Å². The zero-order valence-corrected chi connectivity index (χ0v) is 13.7. The number of likely N-dealkylation sites (tertiary alicyclic amines) is 1. The first-order valence-electron chi connectivity index (χ1n) is 8.59. The van der Waals surface area contributed by atoms with Crippen molar-refractivity contribution in [2.24, 2.45) is 0 Å². The van der Waals surface area contributed by atoms with Gasteiger partial charge in [0.2, 0.25) is 0 Å². The van der Waals surface area contributed by atoms with Crippen LogP contribution in [0.3, 0.4) is 0 Å². The van der Waals surface area contributed by atoms with Crippen molar-refractivity contribution in [3.05, 3.63) is 28.8 Å². The molecule has 1 aromatic carbocycles. The largest absolute Gasteiger partial charge is 0.492 e. The Morgan fingerprint density at radius 1 is 1.48 bits per heavy atom.